The van der Waals surface area contributed by atoms with E-state index in [1.807, 2.05) is 0 Å². The summed E-state index contributed by atoms with van der Waals surface area (Å²) in [5.74, 6) is 0.929. The summed E-state index contributed by atoms with van der Waals surface area (Å²) in [7, 11) is 0. The van der Waals surface area contributed by atoms with Crippen molar-refractivity contribution in [3.8, 4) is 0 Å². The van der Waals surface area contributed by atoms with E-state index in [0.29, 0.717) is 6.04 Å². The van der Waals surface area contributed by atoms with E-state index >= 15 is 0 Å². The van der Waals surface area contributed by atoms with Crippen molar-refractivity contribution in [3.63, 3.8) is 0 Å². The highest BCUT2D eigenvalue weighted by molar-refractivity contribution is 9.10. The maximum absolute atomic E-state index is 3.72. The van der Waals surface area contributed by atoms with Crippen LogP contribution in [0, 0.1) is 12.8 Å². The molecule has 98 valence electrons. The summed E-state index contributed by atoms with van der Waals surface area (Å²) in [6.45, 7) is 5.73. The van der Waals surface area contributed by atoms with Crippen LogP contribution in [0.4, 0.5) is 5.69 Å². The minimum absolute atomic E-state index is 0.700. The monoisotopic (exact) mass is 308 g/mol. The number of rotatable bonds is 2. The smallest absolute Gasteiger partial charge is 0.0407 e. The number of halogens is 1. The van der Waals surface area contributed by atoms with E-state index in [1.54, 1.807) is 0 Å². The van der Waals surface area contributed by atoms with Crippen LogP contribution in [0.2, 0.25) is 0 Å². The van der Waals surface area contributed by atoms with Crippen molar-refractivity contribution < 1.29 is 0 Å². The summed E-state index contributed by atoms with van der Waals surface area (Å²) in [6, 6.07) is 7.31. The molecule has 2 fully saturated rings. The Hall–Kier alpha value is -0.540. The van der Waals surface area contributed by atoms with Gasteiger partial charge in [0.1, 0.15) is 0 Å². The topological polar surface area (TPSA) is 15.3 Å². The fourth-order valence-corrected chi connectivity index (χ4v) is 3.26. The number of aryl methyl sites for hydroxylation is 1. The summed E-state index contributed by atoms with van der Waals surface area (Å²) in [6.07, 6.45) is 4.08. The van der Waals surface area contributed by atoms with Crippen LogP contribution in [0.5, 0.6) is 0 Å². The van der Waals surface area contributed by atoms with E-state index in [0.717, 1.165) is 5.92 Å². The first-order valence-corrected chi connectivity index (χ1v) is 7.78. The van der Waals surface area contributed by atoms with Crippen LogP contribution in [0.15, 0.2) is 22.7 Å². The summed E-state index contributed by atoms with van der Waals surface area (Å²) in [5.41, 5.74) is 2.79. The molecule has 1 saturated heterocycles. The van der Waals surface area contributed by atoms with Crippen LogP contribution in [0.25, 0.3) is 0 Å². The highest BCUT2D eigenvalue weighted by Crippen LogP contribution is 2.35. The molecule has 1 aliphatic carbocycles. The average molecular weight is 309 g/mol. The summed E-state index contributed by atoms with van der Waals surface area (Å²) in [4.78, 5) is 2.57. The largest absolute Gasteiger partial charge is 0.370 e. The van der Waals surface area contributed by atoms with Gasteiger partial charge in [0.25, 0.3) is 0 Å². The molecule has 1 aromatic rings. The second-order valence-corrected chi connectivity index (χ2v) is 6.54. The first-order chi connectivity index (χ1) is 8.74. The van der Waals surface area contributed by atoms with E-state index in [1.165, 1.54) is 54.6 Å². The molecule has 0 bridgehead atoms. The van der Waals surface area contributed by atoms with Gasteiger partial charge >= 0.3 is 0 Å². The van der Waals surface area contributed by atoms with E-state index in [4.69, 9.17) is 0 Å². The number of anilines is 1. The molecule has 0 spiro atoms. The first kappa shape index (κ1) is 12.5. The van der Waals surface area contributed by atoms with E-state index in [2.05, 4.69) is 51.3 Å². The molecule has 1 atom stereocenters. The third kappa shape index (κ3) is 2.72. The Labute approximate surface area is 118 Å². The van der Waals surface area contributed by atoms with Crippen molar-refractivity contribution in [2.75, 3.05) is 24.5 Å². The molecule has 1 saturated carbocycles. The molecular formula is C15H21BrN2. The van der Waals surface area contributed by atoms with Gasteiger partial charge in [-0.1, -0.05) is 22.0 Å². The molecule has 2 nitrogen and oxygen atoms in total. The minimum Gasteiger partial charge on any atom is -0.370 e. The van der Waals surface area contributed by atoms with E-state index in [-0.39, 0.29) is 0 Å². The molecule has 1 unspecified atom stereocenters. The summed E-state index contributed by atoms with van der Waals surface area (Å²) >= 11 is 3.60. The zero-order valence-electron chi connectivity index (χ0n) is 11.0. The zero-order chi connectivity index (χ0) is 12.5. The Morgan fingerprint density at radius 1 is 1.33 bits per heavy atom. The number of benzene rings is 1. The quantitative estimate of drug-likeness (QED) is 0.901. The van der Waals surface area contributed by atoms with Gasteiger partial charge in [0.05, 0.1) is 0 Å². The number of hydrogen-bond acceptors (Lipinski definition) is 2. The Morgan fingerprint density at radius 3 is 2.94 bits per heavy atom. The molecule has 1 aromatic carbocycles. The third-order valence-corrected chi connectivity index (χ3v) is 4.62. The molecule has 2 aliphatic rings. The van der Waals surface area contributed by atoms with Crippen molar-refractivity contribution in [2.45, 2.75) is 32.2 Å². The molecular weight excluding hydrogens is 288 g/mol. The predicted octanol–water partition coefficient (Wildman–Crippen LogP) is 3.34. The maximum atomic E-state index is 3.72. The Balaban J connectivity index is 1.82. The van der Waals surface area contributed by atoms with Crippen molar-refractivity contribution in [2.24, 2.45) is 5.92 Å². The van der Waals surface area contributed by atoms with Crippen LogP contribution in [-0.4, -0.2) is 25.7 Å². The van der Waals surface area contributed by atoms with Crippen LogP contribution in [-0.2, 0) is 0 Å². The van der Waals surface area contributed by atoms with Crippen LogP contribution >= 0.6 is 15.9 Å². The van der Waals surface area contributed by atoms with Gasteiger partial charge in [-0.25, -0.2) is 0 Å². The lowest BCUT2D eigenvalue weighted by Crippen LogP contribution is -2.39. The fourth-order valence-electron chi connectivity index (χ4n) is 2.91. The average Bonchev–Trinajstić information content (AvgIpc) is 3.16. The van der Waals surface area contributed by atoms with Crippen LogP contribution in [0.1, 0.15) is 24.8 Å². The van der Waals surface area contributed by atoms with E-state index in [9.17, 15) is 0 Å². The molecule has 0 aromatic heterocycles. The molecule has 1 aliphatic heterocycles. The van der Waals surface area contributed by atoms with Gasteiger partial charge in [-0.15, -0.1) is 0 Å². The van der Waals surface area contributed by atoms with Crippen LogP contribution in [0.3, 0.4) is 0 Å². The third-order valence-electron chi connectivity index (χ3n) is 4.13. The molecule has 3 heteroatoms. The van der Waals surface area contributed by atoms with E-state index < -0.39 is 0 Å². The molecule has 3 rings (SSSR count). The fraction of sp³-hybridized carbons (Fsp3) is 0.600. The SMILES string of the molecule is Cc1ccc(Br)cc1N1CCCNC(C2CC2)C1. The van der Waals surface area contributed by atoms with Gasteiger partial charge in [0, 0.05) is 29.3 Å². The number of hydrogen-bond donors (Lipinski definition) is 1. The Morgan fingerprint density at radius 2 is 2.17 bits per heavy atom. The Kier molecular flexibility index (Phi) is 3.62. The molecule has 0 radical (unpaired) electrons. The molecule has 0 amide bonds. The lowest BCUT2D eigenvalue weighted by Gasteiger charge is -2.28. The van der Waals surface area contributed by atoms with Gasteiger partial charge in [0.2, 0.25) is 0 Å². The van der Waals surface area contributed by atoms with Crippen molar-refractivity contribution in [1.82, 2.24) is 5.32 Å². The van der Waals surface area contributed by atoms with Gasteiger partial charge < -0.3 is 10.2 Å². The highest BCUT2D eigenvalue weighted by Gasteiger charge is 2.33. The first-order valence-electron chi connectivity index (χ1n) is 6.98. The molecule has 1 N–H and O–H groups in total. The maximum Gasteiger partial charge on any atom is 0.0407 e. The number of nitrogens with one attached hydrogen (secondary N) is 1. The van der Waals surface area contributed by atoms with Gasteiger partial charge in [-0.05, 0) is 56.3 Å². The highest BCUT2D eigenvalue weighted by atomic mass is 79.9. The standard InChI is InChI=1S/C15H21BrN2/c1-11-3-6-13(16)9-15(11)18-8-2-7-17-14(10-18)12-4-5-12/h3,6,9,12,14,17H,2,4-5,7-8,10H2,1H3. The zero-order valence-corrected chi connectivity index (χ0v) is 12.5. The second-order valence-electron chi connectivity index (χ2n) is 5.63. The van der Waals surface area contributed by atoms with Gasteiger partial charge in [0.15, 0.2) is 0 Å². The predicted molar refractivity (Wildman–Crippen MR) is 80.2 cm³/mol. The number of nitrogens with zero attached hydrogens (tertiary/aromatic N) is 1. The summed E-state index contributed by atoms with van der Waals surface area (Å²) in [5, 5.41) is 3.72. The van der Waals surface area contributed by atoms with Crippen molar-refractivity contribution >= 4 is 21.6 Å². The van der Waals surface area contributed by atoms with Crippen molar-refractivity contribution in [3.05, 3.63) is 28.2 Å². The Bertz CT molecular complexity index is 429. The minimum atomic E-state index is 0.700. The normalized spacial score (nSPS) is 25.0. The lowest BCUT2D eigenvalue weighted by atomic mass is 10.1. The molecule has 18 heavy (non-hydrogen) atoms. The molecule has 1 heterocycles. The van der Waals surface area contributed by atoms with Gasteiger partial charge in [-0.2, -0.15) is 0 Å². The lowest BCUT2D eigenvalue weighted by molar-refractivity contribution is 0.490. The van der Waals surface area contributed by atoms with Gasteiger partial charge in [-0.3, -0.25) is 0 Å². The van der Waals surface area contributed by atoms with Crippen molar-refractivity contribution in [1.29, 1.82) is 0 Å². The summed E-state index contributed by atoms with van der Waals surface area (Å²) < 4.78 is 1.18. The van der Waals surface area contributed by atoms with Crippen LogP contribution < -0.4 is 10.2 Å². The second kappa shape index (κ2) is 5.22.